The first kappa shape index (κ1) is 26.6. The lowest BCUT2D eigenvalue weighted by Gasteiger charge is -2.36. The van der Waals surface area contributed by atoms with Crippen molar-refractivity contribution in [1.29, 1.82) is 5.26 Å². The number of nitrogens with zero attached hydrogens (tertiary/aromatic N) is 3. The largest absolute Gasteiger partial charge is 0.324 e. The van der Waals surface area contributed by atoms with E-state index in [-0.39, 0.29) is 37.4 Å². The van der Waals surface area contributed by atoms with Crippen LogP contribution in [0.4, 0.5) is 5.69 Å². The molecule has 0 bridgehead atoms. The van der Waals surface area contributed by atoms with Gasteiger partial charge in [0.1, 0.15) is 9.84 Å². The molecule has 2 aliphatic rings. The Morgan fingerprint density at radius 3 is 2.66 bits per heavy atom. The Kier molecular flexibility index (Phi) is 6.94. The number of sulfonamides is 1. The number of pyridine rings is 1. The molecule has 12 heteroatoms. The number of hydrogen-bond acceptors (Lipinski definition) is 7. The standard InChI is InChI=1S/C26H25ClN4O5S2/c27-20-6-5-19-14-31(38(35,36)17-26(16-28)7-9-37(33,34)10-8-26)15-23(22(19)11-20)25(32)30-24-13-29-12-18-3-1-2-4-21(18)24/h1-6,11-13,23H,7-10,14-15,17H2,(H,30,32)/t23-/m0/s1. The van der Waals surface area contributed by atoms with Crippen LogP contribution in [-0.4, -0.2) is 55.8 Å². The lowest BCUT2D eigenvalue weighted by molar-refractivity contribution is -0.118. The minimum absolute atomic E-state index is 0.0221. The highest BCUT2D eigenvalue weighted by atomic mass is 35.5. The van der Waals surface area contributed by atoms with E-state index in [1.54, 1.807) is 30.6 Å². The summed E-state index contributed by atoms with van der Waals surface area (Å²) in [5.74, 6) is -2.22. The Bertz CT molecular complexity index is 1670. The monoisotopic (exact) mass is 572 g/mol. The van der Waals surface area contributed by atoms with E-state index < -0.39 is 42.9 Å². The van der Waals surface area contributed by atoms with Crippen molar-refractivity contribution < 1.29 is 21.6 Å². The third-order valence-corrected chi connectivity index (χ3v) is 11.2. The van der Waals surface area contributed by atoms with Crippen LogP contribution >= 0.6 is 11.6 Å². The van der Waals surface area contributed by atoms with Gasteiger partial charge in [-0.1, -0.05) is 41.9 Å². The maximum Gasteiger partial charge on any atom is 0.233 e. The molecule has 3 aromatic rings. The number of anilines is 1. The molecule has 3 heterocycles. The van der Waals surface area contributed by atoms with Crippen LogP contribution in [-0.2, 0) is 31.2 Å². The average Bonchev–Trinajstić information content (AvgIpc) is 2.89. The number of nitrogens with one attached hydrogen (secondary N) is 1. The number of hydrogen-bond donors (Lipinski definition) is 1. The van der Waals surface area contributed by atoms with Gasteiger partial charge in [-0.2, -0.15) is 9.57 Å². The van der Waals surface area contributed by atoms with Crippen LogP contribution in [0, 0.1) is 16.7 Å². The average molecular weight is 573 g/mol. The van der Waals surface area contributed by atoms with Crippen LogP contribution in [0.25, 0.3) is 10.8 Å². The minimum Gasteiger partial charge on any atom is -0.324 e. The number of benzene rings is 2. The van der Waals surface area contributed by atoms with Crippen LogP contribution in [0.3, 0.4) is 0 Å². The normalized spacial score (nSPS) is 20.8. The second-order valence-electron chi connectivity index (χ2n) is 9.89. The Labute approximate surface area is 226 Å². The van der Waals surface area contributed by atoms with Gasteiger partial charge in [-0.3, -0.25) is 9.78 Å². The van der Waals surface area contributed by atoms with Crippen molar-refractivity contribution in [2.24, 2.45) is 5.41 Å². The third-order valence-electron chi connectivity index (χ3n) is 7.33. The van der Waals surface area contributed by atoms with Gasteiger partial charge in [0.15, 0.2) is 0 Å². The second-order valence-corrected chi connectivity index (χ2v) is 14.6. The van der Waals surface area contributed by atoms with Gasteiger partial charge in [-0.05, 0) is 36.1 Å². The summed E-state index contributed by atoms with van der Waals surface area (Å²) < 4.78 is 52.3. The second kappa shape index (κ2) is 9.93. The summed E-state index contributed by atoms with van der Waals surface area (Å²) in [6.45, 7) is -0.117. The first-order chi connectivity index (χ1) is 18.0. The lowest BCUT2D eigenvalue weighted by Crippen LogP contribution is -2.47. The van der Waals surface area contributed by atoms with E-state index in [1.807, 2.05) is 24.3 Å². The molecule has 1 saturated heterocycles. The molecule has 5 rings (SSSR count). The Hall–Kier alpha value is -3.04. The molecule has 2 aromatic carbocycles. The maximum absolute atomic E-state index is 13.6. The summed E-state index contributed by atoms with van der Waals surface area (Å²) in [4.78, 5) is 17.8. The van der Waals surface area contributed by atoms with E-state index in [0.29, 0.717) is 21.8 Å². The molecule has 38 heavy (non-hydrogen) atoms. The van der Waals surface area contributed by atoms with E-state index >= 15 is 0 Å². The quantitative estimate of drug-likeness (QED) is 0.494. The number of rotatable bonds is 5. The number of sulfone groups is 1. The molecule has 0 unspecified atom stereocenters. The topological polar surface area (TPSA) is 137 Å². The predicted octanol–water partition coefficient (Wildman–Crippen LogP) is 3.47. The number of carbonyl (C=O) groups excluding carboxylic acids is 1. The van der Waals surface area contributed by atoms with Crippen LogP contribution in [0.15, 0.2) is 54.9 Å². The van der Waals surface area contributed by atoms with Crippen molar-refractivity contribution in [2.45, 2.75) is 25.3 Å². The lowest BCUT2D eigenvalue weighted by atomic mass is 9.86. The highest BCUT2D eigenvalue weighted by Gasteiger charge is 2.44. The molecular formula is C26H25ClN4O5S2. The Morgan fingerprint density at radius 2 is 1.92 bits per heavy atom. The zero-order valence-corrected chi connectivity index (χ0v) is 22.7. The van der Waals surface area contributed by atoms with Crippen molar-refractivity contribution >= 4 is 53.8 Å². The molecule has 1 atom stereocenters. The minimum atomic E-state index is -4.03. The fraction of sp³-hybridized carbons (Fsp3) is 0.346. The summed E-state index contributed by atoms with van der Waals surface area (Å²) in [7, 11) is -7.31. The zero-order chi connectivity index (χ0) is 27.1. The van der Waals surface area contributed by atoms with Gasteiger partial charge in [0.25, 0.3) is 0 Å². The SMILES string of the molecule is N#CC1(CS(=O)(=O)N2Cc3ccc(Cl)cc3[C@@H](C(=O)Nc3cncc4ccccc34)C2)CCS(=O)(=O)CC1. The van der Waals surface area contributed by atoms with E-state index in [2.05, 4.69) is 16.4 Å². The highest BCUT2D eigenvalue weighted by Crippen LogP contribution is 2.38. The Balaban J connectivity index is 1.45. The first-order valence-corrected chi connectivity index (χ1v) is 15.8. The molecule has 1 amide bonds. The van der Waals surface area contributed by atoms with E-state index in [0.717, 1.165) is 10.8 Å². The van der Waals surface area contributed by atoms with Crippen molar-refractivity contribution in [3.63, 3.8) is 0 Å². The molecule has 9 nitrogen and oxygen atoms in total. The van der Waals surface area contributed by atoms with Gasteiger partial charge < -0.3 is 5.32 Å². The van der Waals surface area contributed by atoms with Crippen molar-refractivity contribution in [3.8, 4) is 6.07 Å². The summed E-state index contributed by atoms with van der Waals surface area (Å²) in [5.41, 5.74) is 0.478. The zero-order valence-electron chi connectivity index (χ0n) is 20.3. The third kappa shape index (κ3) is 5.27. The number of fused-ring (bicyclic) bond motifs is 2. The van der Waals surface area contributed by atoms with E-state index in [4.69, 9.17) is 11.6 Å². The molecule has 1 N–H and O–H groups in total. The van der Waals surface area contributed by atoms with Gasteiger partial charge in [-0.25, -0.2) is 16.8 Å². The molecular weight excluding hydrogens is 548 g/mol. The van der Waals surface area contributed by atoms with Gasteiger partial charge in [-0.15, -0.1) is 0 Å². The molecule has 0 spiro atoms. The molecule has 0 saturated carbocycles. The molecule has 2 aliphatic heterocycles. The summed E-state index contributed by atoms with van der Waals surface area (Å²) in [6, 6.07) is 14.6. The van der Waals surface area contributed by atoms with Gasteiger partial charge in [0.2, 0.25) is 15.9 Å². The highest BCUT2D eigenvalue weighted by molar-refractivity contribution is 7.91. The Morgan fingerprint density at radius 1 is 1.18 bits per heavy atom. The fourth-order valence-corrected chi connectivity index (χ4v) is 8.85. The number of amides is 1. The molecule has 0 radical (unpaired) electrons. The van der Waals surface area contributed by atoms with Crippen LogP contribution in [0.5, 0.6) is 0 Å². The van der Waals surface area contributed by atoms with Crippen LogP contribution < -0.4 is 5.32 Å². The molecule has 198 valence electrons. The summed E-state index contributed by atoms with van der Waals surface area (Å²) in [5, 5.41) is 14.8. The molecule has 1 aromatic heterocycles. The number of aromatic nitrogens is 1. The summed E-state index contributed by atoms with van der Waals surface area (Å²) in [6.07, 6.45) is 3.16. The van der Waals surface area contributed by atoms with Gasteiger partial charge >= 0.3 is 0 Å². The smallest absolute Gasteiger partial charge is 0.233 e. The van der Waals surface area contributed by atoms with E-state index in [1.165, 1.54) is 4.31 Å². The number of halogens is 1. The van der Waals surface area contributed by atoms with Crippen molar-refractivity contribution in [3.05, 3.63) is 71.0 Å². The predicted molar refractivity (Wildman–Crippen MR) is 145 cm³/mol. The number of carbonyl (C=O) groups is 1. The van der Waals surface area contributed by atoms with Gasteiger partial charge in [0.05, 0.1) is 46.5 Å². The first-order valence-electron chi connectivity index (χ1n) is 12.0. The van der Waals surface area contributed by atoms with Crippen molar-refractivity contribution in [1.82, 2.24) is 9.29 Å². The number of nitriles is 1. The summed E-state index contributed by atoms with van der Waals surface area (Å²) >= 11 is 6.24. The van der Waals surface area contributed by atoms with Crippen LogP contribution in [0.2, 0.25) is 5.02 Å². The fourth-order valence-electron chi connectivity index (χ4n) is 5.12. The van der Waals surface area contributed by atoms with E-state index in [9.17, 15) is 26.9 Å². The maximum atomic E-state index is 13.6. The molecule has 1 fully saturated rings. The molecule has 0 aliphatic carbocycles. The van der Waals surface area contributed by atoms with Crippen LogP contribution in [0.1, 0.15) is 29.9 Å². The van der Waals surface area contributed by atoms with Crippen molar-refractivity contribution in [2.75, 3.05) is 29.1 Å². The van der Waals surface area contributed by atoms with Gasteiger partial charge in [0, 0.05) is 35.1 Å².